The van der Waals surface area contributed by atoms with E-state index in [2.05, 4.69) is 29.7 Å². The first kappa shape index (κ1) is 22.0. The van der Waals surface area contributed by atoms with Crippen LogP contribution in [0.15, 0.2) is 54.6 Å². The summed E-state index contributed by atoms with van der Waals surface area (Å²) in [6, 6.07) is 18.4. The summed E-state index contributed by atoms with van der Waals surface area (Å²) in [6.07, 6.45) is 4.68. The molecule has 0 fully saturated rings. The van der Waals surface area contributed by atoms with E-state index in [9.17, 15) is 4.79 Å². The molecule has 0 aromatic heterocycles. The summed E-state index contributed by atoms with van der Waals surface area (Å²) < 4.78 is 0. The lowest BCUT2D eigenvalue weighted by atomic mass is 10.1. The highest BCUT2D eigenvalue weighted by Gasteiger charge is 2.05. The third-order valence-electron chi connectivity index (χ3n) is 4.21. The fraction of sp³-hybridized carbons (Fsp3) is 0.381. The van der Waals surface area contributed by atoms with Crippen LogP contribution in [0.25, 0.3) is 0 Å². The van der Waals surface area contributed by atoms with Crippen LogP contribution in [0.4, 0.5) is 11.4 Å². The second kappa shape index (κ2) is 12.3. The van der Waals surface area contributed by atoms with Crippen LogP contribution in [0.2, 0.25) is 0 Å². The largest absolute Gasteiger partial charge is 0.379 e. The van der Waals surface area contributed by atoms with E-state index in [1.807, 2.05) is 42.5 Å². The van der Waals surface area contributed by atoms with E-state index in [1.54, 1.807) is 0 Å². The number of carbonyl (C=O) groups is 1. The first-order valence-corrected chi connectivity index (χ1v) is 9.10. The number of anilines is 2. The van der Waals surface area contributed by atoms with E-state index >= 15 is 0 Å². The van der Waals surface area contributed by atoms with Crippen LogP contribution in [0.3, 0.4) is 0 Å². The first-order valence-electron chi connectivity index (χ1n) is 9.10. The minimum absolute atomic E-state index is 0. The van der Waals surface area contributed by atoms with Crippen molar-refractivity contribution in [3.63, 3.8) is 0 Å². The Morgan fingerprint density at radius 2 is 1.54 bits per heavy atom. The molecule has 1 unspecified atom stereocenters. The van der Waals surface area contributed by atoms with Crippen molar-refractivity contribution in [2.45, 2.75) is 45.1 Å². The van der Waals surface area contributed by atoms with Gasteiger partial charge in [-0.05, 0) is 56.1 Å². The van der Waals surface area contributed by atoms with Crippen molar-refractivity contribution >= 4 is 29.7 Å². The average Bonchev–Trinajstić information content (AvgIpc) is 2.64. The SMILES string of the molecule is CC(Nc1ccc(NC(=O)CCCCCCN)cc1)c1ccccc1.Cl. The summed E-state index contributed by atoms with van der Waals surface area (Å²) >= 11 is 0. The fourth-order valence-corrected chi connectivity index (χ4v) is 2.73. The van der Waals surface area contributed by atoms with Gasteiger partial charge in [-0.15, -0.1) is 12.4 Å². The highest BCUT2D eigenvalue weighted by molar-refractivity contribution is 5.90. The van der Waals surface area contributed by atoms with Gasteiger partial charge < -0.3 is 16.4 Å². The second-order valence-electron chi connectivity index (χ2n) is 6.36. The van der Waals surface area contributed by atoms with E-state index in [4.69, 9.17) is 5.73 Å². The van der Waals surface area contributed by atoms with Gasteiger partial charge in [0.25, 0.3) is 0 Å². The van der Waals surface area contributed by atoms with Crippen molar-refractivity contribution < 1.29 is 4.79 Å². The van der Waals surface area contributed by atoms with Crippen LogP contribution in [0, 0.1) is 0 Å². The van der Waals surface area contributed by atoms with Gasteiger partial charge in [0.2, 0.25) is 5.91 Å². The van der Waals surface area contributed by atoms with Crippen molar-refractivity contribution in [1.29, 1.82) is 0 Å². The van der Waals surface area contributed by atoms with Crippen LogP contribution in [0.1, 0.15) is 50.6 Å². The maximum absolute atomic E-state index is 11.9. The summed E-state index contributed by atoms with van der Waals surface area (Å²) in [5.74, 6) is 0.0751. The number of nitrogens with two attached hydrogens (primary N) is 1. The van der Waals surface area contributed by atoms with Crippen molar-refractivity contribution in [2.75, 3.05) is 17.2 Å². The Labute approximate surface area is 163 Å². The fourth-order valence-electron chi connectivity index (χ4n) is 2.73. The molecule has 4 nitrogen and oxygen atoms in total. The zero-order valence-corrected chi connectivity index (χ0v) is 16.2. The molecule has 2 aromatic rings. The normalized spacial score (nSPS) is 11.3. The van der Waals surface area contributed by atoms with Gasteiger partial charge in [0.15, 0.2) is 0 Å². The summed E-state index contributed by atoms with van der Waals surface area (Å²) in [5, 5.41) is 6.42. The number of carbonyl (C=O) groups excluding carboxylic acids is 1. The Bertz CT molecular complexity index is 631. The molecule has 0 bridgehead atoms. The Hall–Kier alpha value is -2.04. The predicted molar refractivity (Wildman–Crippen MR) is 113 cm³/mol. The summed E-state index contributed by atoms with van der Waals surface area (Å²) in [5.41, 5.74) is 8.58. The van der Waals surface area contributed by atoms with Crippen molar-refractivity contribution in [3.8, 4) is 0 Å². The minimum Gasteiger partial charge on any atom is -0.379 e. The molecule has 0 aliphatic carbocycles. The van der Waals surface area contributed by atoms with Crippen LogP contribution < -0.4 is 16.4 Å². The molecule has 1 amide bonds. The standard InChI is InChI=1S/C21H29N3O.ClH/c1-17(18-9-5-4-6-10-18)23-19-12-14-20(15-13-19)24-21(25)11-7-2-3-8-16-22;/h4-6,9-10,12-15,17,23H,2-3,7-8,11,16,22H2,1H3,(H,24,25);1H. The molecule has 0 aliphatic heterocycles. The Balaban J connectivity index is 0.00000338. The van der Waals surface area contributed by atoms with Crippen molar-refractivity contribution in [1.82, 2.24) is 0 Å². The lowest BCUT2D eigenvalue weighted by Crippen LogP contribution is -2.11. The highest BCUT2D eigenvalue weighted by atomic mass is 35.5. The molecule has 1 atom stereocenters. The number of hydrogen-bond donors (Lipinski definition) is 3. The van der Waals surface area contributed by atoms with Gasteiger partial charge in [-0.3, -0.25) is 4.79 Å². The van der Waals surface area contributed by atoms with Crippen molar-refractivity contribution in [3.05, 3.63) is 60.2 Å². The maximum atomic E-state index is 11.9. The predicted octanol–water partition coefficient (Wildman–Crippen LogP) is 5.13. The molecule has 0 saturated heterocycles. The molecular weight excluding hydrogens is 346 g/mol. The number of unbranched alkanes of at least 4 members (excludes halogenated alkanes) is 3. The summed E-state index contributed by atoms with van der Waals surface area (Å²) in [7, 11) is 0. The minimum atomic E-state index is 0. The van der Waals surface area contributed by atoms with Gasteiger partial charge >= 0.3 is 0 Å². The molecule has 2 aromatic carbocycles. The molecule has 142 valence electrons. The molecule has 0 radical (unpaired) electrons. The second-order valence-corrected chi connectivity index (χ2v) is 6.36. The number of nitrogens with one attached hydrogen (secondary N) is 2. The number of benzene rings is 2. The summed E-state index contributed by atoms with van der Waals surface area (Å²) in [6.45, 7) is 2.87. The molecule has 0 spiro atoms. The van der Waals surface area contributed by atoms with Crippen LogP contribution in [0.5, 0.6) is 0 Å². The van der Waals surface area contributed by atoms with E-state index in [1.165, 1.54) is 5.56 Å². The first-order chi connectivity index (χ1) is 12.2. The quantitative estimate of drug-likeness (QED) is 0.504. The topological polar surface area (TPSA) is 67.1 Å². The Morgan fingerprint density at radius 1 is 0.923 bits per heavy atom. The zero-order chi connectivity index (χ0) is 17.9. The molecule has 4 N–H and O–H groups in total. The number of halogens is 1. The van der Waals surface area contributed by atoms with E-state index < -0.39 is 0 Å². The van der Waals surface area contributed by atoms with Gasteiger partial charge in [0.05, 0.1) is 0 Å². The van der Waals surface area contributed by atoms with Gasteiger partial charge in [0.1, 0.15) is 0 Å². The van der Waals surface area contributed by atoms with E-state index in [0.717, 1.165) is 43.6 Å². The summed E-state index contributed by atoms with van der Waals surface area (Å²) in [4.78, 5) is 11.9. The molecule has 2 rings (SSSR count). The number of amides is 1. The Morgan fingerprint density at radius 3 is 2.19 bits per heavy atom. The van der Waals surface area contributed by atoms with Gasteiger partial charge in [-0.25, -0.2) is 0 Å². The third-order valence-corrected chi connectivity index (χ3v) is 4.21. The third kappa shape index (κ3) is 7.89. The zero-order valence-electron chi connectivity index (χ0n) is 15.4. The highest BCUT2D eigenvalue weighted by Crippen LogP contribution is 2.20. The van der Waals surface area contributed by atoms with E-state index in [-0.39, 0.29) is 24.4 Å². The lowest BCUT2D eigenvalue weighted by molar-refractivity contribution is -0.116. The van der Waals surface area contributed by atoms with Gasteiger partial charge in [0, 0.05) is 23.8 Å². The molecule has 0 aliphatic rings. The van der Waals surface area contributed by atoms with E-state index in [0.29, 0.717) is 6.42 Å². The lowest BCUT2D eigenvalue weighted by Gasteiger charge is -2.16. The Kier molecular flexibility index (Phi) is 10.4. The molecule has 26 heavy (non-hydrogen) atoms. The van der Waals surface area contributed by atoms with Crippen molar-refractivity contribution in [2.24, 2.45) is 5.73 Å². The van der Waals surface area contributed by atoms with Gasteiger partial charge in [-0.2, -0.15) is 0 Å². The van der Waals surface area contributed by atoms with Crippen LogP contribution >= 0.6 is 12.4 Å². The maximum Gasteiger partial charge on any atom is 0.224 e. The molecular formula is C21H30ClN3O. The van der Waals surface area contributed by atoms with Crippen LogP contribution in [-0.2, 0) is 4.79 Å². The molecule has 0 heterocycles. The van der Waals surface area contributed by atoms with Gasteiger partial charge in [-0.1, -0.05) is 43.2 Å². The molecule has 5 heteroatoms. The number of hydrogen-bond acceptors (Lipinski definition) is 3. The molecule has 0 saturated carbocycles. The monoisotopic (exact) mass is 375 g/mol. The smallest absolute Gasteiger partial charge is 0.224 e. The number of rotatable bonds is 10. The average molecular weight is 376 g/mol. The van der Waals surface area contributed by atoms with Crippen LogP contribution in [-0.4, -0.2) is 12.5 Å².